The van der Waals surface area contributed by atoms with Crippen molar-refractivity contribution in [2.75, 3.05) is 5.73 Å². The molecule has 4 heteroatoms. The average Bonchev–Trinajstić information content (AvgIpc) is 2.34. The van der Waals surface area contributed by atoms with Crippen LogP contribution in [0.2, 0.25) is 0 Å². The zero-order valence-corrected chi connectivity index (χ0v) is 7.13. The van der Waals surface area contributed by atoms with Gasteiger partial charge in [0.25, 0.3) is 0 Å². The van der Waals surface area contributed by atoms with E-state index in [0.717, 1.165) is 9.86 Å². The maximum atomic E-state index is 5.54. The molecule has 2 aromatic rings. The summed E-state index contributed by atoms with van der Waals surface area (Å²) in [6.45, 7) is 0. The number of rotatable bonds is 0. The first-order valence-corrected chi connectivity index (χ1v) is 3.87. The van der Waals surface area contributed by atoms with Crippen molar-refractivity contribution in [1.82, 2.24) is 5.16 Å². The fourth-order valence-electron chi connectivity index (χ4n) is 0.973. The van der Waals surface area contributed by atoms with Crippen LogP contribution in [0.15, 0.2) is 27.2 Å². The van der Waals surface area contributed by atoms with Gasteiger partial charge >= 0.3 is 0 Å². The highest BCUT2D eigenvalue weighted by atomic mass is 79.9. The molecule has 0 saturated heterocycles. The predicted molar refractivity (Wildman–Crippen MR) is 46.1 cm³/mol. The summed E-state index contributed by atoms with van der Waals surface area (Å²) in [4.78, 5) is 0. The van der Waals surface area contributed by atoms with E-state index in [2.05, 4.69) is 21.1 Å². The minimum absolute atomic E-state index is 0.424. The lowest BCUT2D eigenvalue weighted by molar-refractivity contribution is 0.460. The summed E-state index contributed by atoms with van der Waals surface area (Å²) in [6, 6.07) is 5.59. The van der Waals surface area contributed by atoms with E-state index < -0.39 is 0 Å². The summed E-state index contributed by atoms with van der Waals surface area (Å²) < 4.78 is 5.84. The Morgan fingerprint density at radius 3 is 3.00 bits per heavy atom. The molecule has 3 nitrogen and oxygen atoms in total. The molecule has 0 atom stereocenters. The molecule has 1 heterocycles. The third-order valence-electron chi connectivity index (χ3n) is 1.47. The molecule has 0 unspecified atom stereocenters. The van der Waals surface area contributed by atoms with Gasteiger partial charge in [-0.2, -0.15) is 0 Å². The summed E-state index contributed by atoms with van der Waals surface area (Å²) in [5.41, 5.74) is 6.25. The van der Waals surface area contributed by atoms with Crippen molar-refractivity contribution in [3.8, 4) is 0 Å². The SMILES string of the molecule is Nc1noc2cccc(Br)c12. The first kappa shape index (κ1) is 6.67. The lowest BCUT2D eigenvalue weighted by Gasteiger charge is -1.89. The Labute approximate surface area is 71.3 Å². The highest BCUT2D eigenvalue weighted by molar-refractivity contribution is 9.10. The van der Waals surface area contributed by atoms with Gasteiger partial charge in [-0.25, -0.2) is 0 Å². The van der Waals surface area contributed by atoms with Crippen LogP contribution >= 0.6 is 15.9 Å². The molecule has 0 saturated carbocycles. The van der Waals surface area contributed by atoms with Crippen LogP contribution in [0.1, 0.15) is 0 Å². The van der Waals surface area contributed by atoms with Gasteiger partial charge in [0, 0.05) is 4.47 Å². The van der Waals surface area contributed by atoms with Crippen LogP contribution in [0.4, 0.5) is 5.82 Å². The molecule has 0 spiro atoms. The van der Waals surface area contributed by atoms with E-state index in [1.165, 1.54) is 0 Å². The van der Waals surface area contributed by atoms with Crippen molar-refractivity contribution >= 4 is 32.7 Å². The fourth-order valence-corrected chi connectivity index (χ4v) is 1.52. The Morgan fingerprint density at radius 1 is 1.45 bits per heavy atom. The maximum Gasteiger partial charge on any atom is 0.175 e. The maximum absolute atomic E-state index is 5.54. The van der Waals surface area contributed by atoms with E-state index in [1.807, 2.05) is 18.2 Å². The number of nitrogens with zero attached hydrogens (tertiary/aromatic N) is 1. The summed E-state index contributed by atoms with van der Waals surface area (Å²) in [5.74, 6) is 0.424. The number of nitrogen functional groups attached to an aromatic ring is 1. The van der Waals surface area contributed by atoms with Crippen molar-refractivity contribution in [3.05, 3.63) is 22.7 Å². The molecule has 0 aliphatic heterocycles. The summed E-state index contributed by atoms with van der Waals surface area (Å²) in [5, 5.41) is 4.47. The average molecular weight is 213 g/mol. The van der Waals surface area contributed by atoms with E-state index in [0.29, 0.717) is 11.4 Å². The number of halogens is 1. The molecule has 1 aromatic heterocycles. The Balaban J connectivity index is 2.96. The van der Waals surface area contributed by atoms with Gasteiger partial charge in [-0.15, -0.1) is 0 Å². The summed E-state index contributed by atoms with van der Waals surface area (Å²) in [7, 11) is 0. The van der Waals surface area contributed by atoms with Crippen LogP contribution in [0.3, 0.4) is 0 Å². The monoisotopic (exact) mass is 212 g/mol. The van der Waals surface area contributed by atoms with Gasteiger partial charge in [0.15, 0.2) is 11.4 Å². The molecular formula is C7H5BrN2O. The van der Waals surface area contributed by atoms with Crippen molar-refractivity contribution in [2.45, 2.75) is 0 Å². The van der Waals surface area contributed by atoms with E-state index in [-0.39, 0.29) is 0 Å². The molecule has 0 aliphatic carbocycles. The second-order valence-corrected chi connectivity index (χ2v) is 3.04. The largest absolute Gasteiger partial charge is 0.380 e. The van der Waals surface area contributed by atoms with Crippen LogP contribution in [-0.2, 0) is 0 Å². The Bertz CT molecular complexity index is 396. The Hall–Kier alpha value is -1.03. The zero-order valence-electron chi connectivity index (χ0n) is 5.54. The van der Waals surface area contributed by atoms with Gasteiger partial charge < -0.3 is 10.3 Å². The highest BCUT2D eigenvalue weighted by Crippen LogP contribution is 2.27. The molecule has 2 rings (SSSR count). The van der Waals surface area contributed by atoms with Gasteiger partial charge in [-0.3, -0.25) is 0 Å². The second kappa shape index (κ2) is 2.23. The zero-order chi connectivity index (χ0) is 7.84. The summed E-state index contributed by atoms with van der Waals surface area (Å²) >= 11 is 3.35. The number of hydrogen-bond donors (Lipinski definition) is 1. The van der Waals surface area contributed by atoms with Crippen LogP contribution in [0.25, 0.3) is 11.0 Å². The van der Waals surface area contributed by atoms with Crippen molar-refractivity contribution in [1.29, 1.82) is 0 Å². The van der Waals surface area contributed by atoms with Gasteiger partial charge in [0.2, 0.25) is 0 Å². The van der Waals surface area contributed by atoms with Crippen molar-refractivity contribution in [2.24, 2.45) is 0 Å². The van der Waals surface area contributed by atoms with Crippen molar-refractivity contribution < 1.29 is 4.52 Å². The number of aromatic nitrogens is 1. The predicted octanol–water partition coefficient (Wildman–Crippen LogP) is 2.17. The molecule has 0 amide bonds. The number of fused-ring (bicyclic) bond motifs is 1. The minimum Gasteiger partial charge on any atom is -0.380 e. The number of hydrogen-bond acceptors (Lipinski definition) is 3. The molecule has 0 bridgehead atoms. The molecule has 1 aromatic carbocycles. The van der Waals surface area contributed by atoms with Gasteiger partial charge in [0.05, 0.1) is 5.39 Å². The first-order chi connectivity index (χ1) is 5.29. The lowest BCUT2D eigenvalue weighted by atomic mass is 10.2. The second-order valence-electron chi connectivity index (χ2n) is 2.18. The normalized spacial score (nSPS) is 10.6. The van der Waals surface area contributed by atoms with E-state index >= 15 is 0 Å². The Kier molecular flexibility index (Phi) is 1.35. The van der Waals surface area contributed by atoms with Gasteiger partial charge in [-0.05, 0) is 28.1 Å². The molecule has 2 N–H and O–H groups in total. The van der Waals surface area contributed by atoms with Crippen LogP contribution in [0.5, 0.6) is 0 Å². The molecule has 56 valence electrons. The molecule has 0 fully saturated rings. The third-order valence-corrected chi connectivity index (χ3v) is 2.13. The van der Waals surface area contributed by atoms with Crippen LogP contribution in [-0.4, -0.2) is 5.16 Å². The number of anilines is 1. The standard InChI is InChI=1S/C7H5BrN2O/c8-4-2-1-3-5-6(4)7(9)10-11-5/h1-3H,(H2,9,10). The topological polar surface area (TPSA) is 52.0 Å². The fraction of sp³-hybridized carbons (Fsp3) is 0. The number of nitrogens with two attached hydrogens (primary N) is 1. The smallest absolute Gasteiger partial charge is 0.175 e. The van der Waals surface area contributed by atoms with Crippen LogP contribution in [0, 0.1) is 0 Å². The quantitative estimate of drug-likeness (QED) is 0.729. The van der Waals surface area contributed by atoms with Gasteiger partial charge in [0.1, 0.15) is 0 Å². The van der Waals surface area contributed by atoms with E-state index in [4.69, 9.17) is 10.3 Å². The summed E-state index contributed by atoms with van der Waals surface area (Å²) in [6.07, 6.45) is 0. The Morgan fingerprint density at radius 2 is 2.27 bits per heavy atom. The van der Waals surface area contributed by atoms with E-state index in [1.54, 1.807) is 0 Å². The van der Waals surface area contributed by atoms with E-state index in [9.17, 15) is 0 Å². The molecule has 11 heavy (non-hydrogen) atoms. The number of benzene rings is 1. The van der Waals surface area contributed by atoms with Gasteiger partial charge in [-0.1, -0.05) is 11.2 Å². The minimum atomic E-state index is 0.424. The molecule has 0 aliphatic rings. The first-order valence-electron chi connectivity index (χ1n) is 3.08. The van der Waals surface area contributed by atoms with Crippen LogP contribution < -0.4 is 5.73 Å². The highest BCUT2D eigenvalue weighted by Gasteiger charge is 2.06. The molecule has 0 radical (unpaired) electrons. The molecular weight excluding hydrogens is 208 g/mol. The third kappa shape index (κ3) is 0.903. The lowest BCUT2D eigenvalue weighted by Crippen LogP contribution is -1.83. The van der Waals surface area contributed by atoms with Crippen molar-refractivity contribution in [3.63, 3.8) is 0 Å².